The standard InChI is InChI=1S/C21H22ClN2O/c1-25-19-12-6-16(7-13-19)20-15-23-14-4-2-3-5-21(23)24(20)18-10-8-17(22)9-11-18/h6-13,15H,2-5,14H2,1H3/q+1. The van der Waals surface area contributed by atoms with Crippen molar-refractivity contribution >= 4 is 11.6 Å². The Morgan fingerprint density at radius 1 is 0.960 bits per heavy atom. The van der Waals surface area contributed by atoms with Crippen molar-refractivity contribution in [1.29, 1.82) is 0 Å². The molecule has 0 unspecified atom stereocenters. The van der Waals surface area contributed by atoms with Gasteiger partial charge in [0.05, 0.1) is 13.7 Å². The van der Waals surface area contributed by atoms with E-state index in [1.54, 1.807) is 7.11 Å². The summed E-state index contributed by atoms with van der Waals surface area (Å²) in [7, 11) is 1.70. The van der Waals surface area contributed by atoms with E-state index in [9.17, 15) is 0 Å². The van der Waals surface area contributed by atoms with Gasteiger partial charge in [-0.2, -0.15) is 4.57 Å². The van der Waals surface area contributed by atoms with E-state index >= 15 is 0 Å². The fraction of sp³-hybridized carbons (Fsp3) is 0.286. The molecule has 2 heterocycles. The summed E-state index contributed by atoms with van der Waals surface area (Å²) in [5.41, 5.74) is 3.56. The first-order chi connectivity index (χ1) is 12.3. The lowest BCUT2D eigenvalue weighted by atomic mass is 10.1. The van der Waals surface area contributed by atoms with Crippen LogP contribution in [0, 0.1) is 0 Å². The van der Waals surface area contributed by atoms with Gasteiger partial charge in [-0.25, -0.2) is 4.57 Å². The van der Waals surface area contributed by atoms with Crippen molar-refractivity contribution in [3.05, 3.63) is 65.6 Å². The highest BCUT2D eigenvalue weighted by Gasteiger charge is 2.27. The average molecular weight is 354 g/mol. The molecule has 1 aromatic heterocycles. The molecular formula is C21H22ClN2O+. The number of hydrogen-bond acceptors (Lipinski definition) is 1. The SMILES string of the molecule is COc1ccc(-c2c[n+]3c(n2-c2ccc(Cl)cc2)CCCCC3)cc1. The second-order valence-corrected chi connectivity index (χ2v) is 6.91. The van der Waals surface area contributed by atoms with Gasteiger partial charge in [0.15, 0.2) is 5.69 Å². The fourth-order valence-electron chi connectivity index (χ4n) is 3.58. The highest BCUT2D eigenvalue weighted by atomic mass is 35.5. The number of aromatic nitrogens is 2. The Balaban J connectivity index is 1.89. The number of ether oxygens (including phenoxy) is 1. The molecule has 128 valence electrons. The lowest BCUT2D eigenvalue weighted by Crippen LogP contribution is -2.35. The Bertz CT molecular complexity index is 866. The third kappa shape index (κ3) is 3.16. The van der Waals surface area contributed by atoms with Crippen LogP contribution in [-0.2, 0) is 13.0 Å². The maximum Gasteiger partial charge on any atom is 0.262 e. The van der Waals surface area contributed by atoms with Gasteiger partial charge in [0.1, 0.15) is 17.6 Å². The molecule has 0 N–H and O–H groups in total. The molecule has 0 saturated carbocycles. The van der Waals surface area contributed by atoms with Crippen molar-refractivity contribution in [2.24, 2.45) is 0 Å². The molecule has 0 fully saturated rings. The monoisotopic (exact) mass is 353 g/mol. The summed E-state index contributed by atoms with van der Waals surface area (Å²) in [4.78, 5) is 0. The van der Waals surface area contributed by atoms with Gasteiger partial charge in [-0.05, 0) is 67.8 Å². The van der Waals surface area contributed by atoms with E-state index in [4.69, 9.17) is 16.3 Å². The van der Waals surface area contributed by atoms with Crippen molar-refractivity contribution < 1.29 is 9.30 Å². The van der Waals surface area contributed by atoms with E-state index in [1.807, 2.05) is 24.3 Å². The third-order valence-corrected chi connectivity index (χ3v) is 5.13. The van der Waals surface area contributed by atoms with Crippen LogP contribution in [-0.4, -0.2) is 11.7 Å². The van der Waals surface area contributed by atoms with Crippen molar-refractivity contribution in [1.82, 2.24) is 4.57 Å². The summed E-state index contributed by atoms with van der Waals surface area (Å²) in [5, 5.41) is 0.764. The number of benzene rings is 2. The molecule has 0 spiro atoms. The van der Waals surface area contributed by atoms with Crippen LogP contribution in [0.3, 0.4) is 0 Å². The van der Waals surface area contributed by atoms with E-state index in [1.165, 1.54) is 36.3 Å². The molecular weight excluding hydrogens is 332 g/mol. The molecule has 0 amide bonds. The van der Waals surface area contributed by atoms with Crippen LogP contribution in [0.25, 0.3) is 16.9 Å². The van der Waals surface area contributed by atoms with Crippen LogP contribution in [0.15, 0.2) is 54.7 Å². The van der Waals surface area contributed by atoms with E-state index < -0.39 is 0 Å². The average Bonchev–Trinajstić information content (AvgIpc) is 2.85. The molecule has 25 heavy (non-hydrogen) atoms. The molecule has 0 saturated heterocycles. The molecule has 3 nitrogen and oxygen atoms in total. The van der Waals surface area contributed by atoms with Crippen LogP contribution in [0.1, 0.15) is 25.1 Å². The van der Waals surface area contributed by atoms with E-state index in [0.29, 0.717) is 0 Å². The van der Waals surface area contributed by atoms with Gasteiger partial charge in [-0.1, -0.05) is 11.6 Å². The molecule has 0 atom stereocenters. The second-order valence-electron chi connectivity index (χ2n) is 6.47. The first-order valence-electron chi connectivity index (χ1n) is 8.81. The summed E-state index contributed by atoms with van der Waals surface area (Å²) in [6, 6.07) is 16.4. The highest BCUT2D eigenvalue weighted by Crippen LogP contribution is 2.28. The van der Waals surface area contributed by atoms with Gasteiger partial charge in [0.2, 0.25) is 0 Å². The van der Waals surface area contributed by atoms with Crippen molar-refractivity contribution in [2.45, 2.75) is 32.2 Å². The Morgan fingerprint density at radius 2 is 1.72 bits per heavy atom. The van der Waals surface area contributed by atoms with Crippen molar-refractivity contribution in [3.63, 3.8) is 0 Å². The number of methoxy groups -OCH3 is 1. The lowest BCUT2D eigenvalue weighted by Gasteiger charge is -2.06. The van der Waals surface area contributed by atoms with E-state index in [2.05, 4.69) is 39.6 Å². The fourth-order valence-corrected chi connectivity index (χ4v) is 3.71. The predicted molar refractivity (Wildman–Crippen MR) is 101 cm³/mol. The molecule has 1 aliphatic rings. The minimum absolute atomic E-state index is 0.764. The summed E-state index contributed by atoms with van der Waals surface area (Å²) < 4.78 is 10.1. The normalized spacial score (nSPS) is 14.0. The van der Waals surface area contributed by atoms with Crippen LogP contribution in [0.4, 0.5) is 0 Å². The maximum atomic E-state index is 6.10. The van der Waals surface area contributed by atoms with Gasteiger partial charge in [0.25, 0.3) is 5.82 Å². The molecule has 4 rings (SSSR count). The quantitative estimate of drug-likeness (QED) is 0.617. The Kier molecular flexibility index (Phi) is 4.50. The first kappa shape index (κ1) is 16.2. The first-order valence-corrected chi connectivity index (χ1v) is 9.18. The molecule has 4 heteroatoms. The van der Waals surface area contributed by atoms with Gasteiger partial charge in [0, 0.05) is 17.0 Å². The third-order valence-electron chi connectivity index (χ3n) is 4.88. The van der Waals surface area contributed by atoms with Crippen LogP contribution < -0.4 is 9.30 Å². The molecule has 0 aliphatic carbocycles. The molecule has 0 radical (unpaired) electrons. The zero-order valence-electron chi connectivity index (χ0n) is 14.4. The Labute approximate surface area is 153 Å². The predicted octanol–water partition coefficient (Wildman–Crippen LogP) is 4.82. The number of rotatable bonds is 3. The van der Waals surface area contributed by atoms with Gasteiger partial charge in [-0.15, -0.1) is 0 Å². The van der Waals surface area contributed by atoms with Crippen molar-refractivity contribution in [2.75, 3.05) is 7.11 Å². The molecule has 1 aliphatic heterocycles. The number of fused-ring (bicyclic) bond motifs is 1. The van der Waals surface area contributed by atoms with Crippen molar-refractivity contribution in [3.8, 4) is 22.7 Å². The van der Waals surface area contributed by atoms with Gasteiger partial charge >= 0.3 is 0 Å². The van der Waals surface area contributed by atoms with Crippen LogP contribution >= 0.6 is 11.6 Å². The zero-order chi connectivity index (χ0) is 17.2. The zero-order valence-corrected chi connectivity index (χ0v) is 15.2. The summed E-state index contributed by atoms with van der Waals surface area (Å²) in [6.45, 7) is 1.08. The minimum atomic E-state index is 0.764. The smallest absolute Gasteiger partial charge is 0.262 e. The number of hydrogen-bond donors (Lipinski definition) is 0. The highest BCUT2D eigenvalue weighted by molar-refractivity contribution is 6.30. The lowest BCUT2D eigenvalue weighted by molar-refractivity contribution is -0.702. The van der Waals surface area contributed by atoms with Crippen LogP contribution in [0.5, 0.6) is 5.75 Å². The van der Waals surface area contributed by atoms with Gasteiger partial charge in [-0.3, -0.25) is 0 Å². The molecule has 2 aromatic carbocycles. The summed E-state index contributed by atoms with van der Waals surface area (Å²) in [6.07, 6.45) is 7.15. The Morgan fingerprint density at radius 3 is 2.44 bits per heavy atom. The summed E-state index contributed by atoms with van der Waals surface area (Å²) in [5.74, 6) is 2.24. The second kappa shape index (κ2) is 6.93. The minimum Gasteiger partial charge on any atom is -0.497 e. The topological polar surface area (TPSA) is 18.0 Å². The maximum absolute atomic E-state index is 6.10. The number of nitrogens with zero attached hydrogens (tertiary/aromatic N) is 2. The van der Waals surface area contributed by atoms with Gasteiger partial charge < -0.3 is 4.74 Å². The van der Waals surface area contributed by atoms with E-state index in [-0.39, 0.29) is 0 Å². The van der Waals surface area contributed by atoms with E-state index in [0.717, 1.165) is 29.4 Å². The largest absolute Gasteiger partial charge is 0.497 e. The van der Waals surface area contributed by atoms with Crippen LogP contribution in [0.2, 0.25) is 5.02 Å². The number of imidazole rings is 1. The number of halogens is 1. The summed E-state index contributed by atoms with van der Waals surface area (Å²) >= 11 is 6.10. The molecule has 3 aromatic rings. The molecule has 0 bridgehead atoms. The number of aryl methyl sites for hydroxylation is 1. The Hall–Kier alpha value is -2.26.